The Bertz CT molecular complexity index is 1940. The molecule has 0 bridgehead atoms. The zero-order chi connectivity index (χ0) is 24.1. The summed E-state index contributed by atoms with van der Waals surface area (Å²) in [6.45, 7) is 2.25. The van der Waals surface area contributed by atoms with Crippen molar-refractivity contribution in [3.8, 4) is 11.1 Å². The van der Waals surface area contributed by atoms with Crippen LogP contribution in [0.15, 0.2) is 85.1 Å². The Balaban J connectivity index is 1.69. The van der Waals surface area contributed by atoms with Crippen molar-refractivity contribution < 1.29 is 4.57 Å². The molecule has 7 rings (SSSR count). The maximum absolute atomic E-state index is 2.52. The van der Waals surface area contributed by atoms with E-state index in [1.54, 1.807) is 4.40 Å². The van der Waals surface area contributed by atoms with Crippen LogP contribution in [0.2, 0.25) is 17.3 Å². The van der Waals surface area contributed by atoms with Gasteiger partial charge in [-0.1, -0.05) is 0 Å². The Labute approximate surface area is 208 Å². The van der Waals surface area contributed by atoms with Crippen LogP contribution in [0.3, 0.4) is 0 Å². The Morgan fingerprint density at radius 1 is 0.714 bits per heavy atom. The van der Waals surface area contributed by atoms with Gasteiger partial charge in [0, 0.05) is 0 Å². The standard InChI is InChI=1S/C32H29GeN2/c1-20-10-15-26-25-8-6-7-9-27(25)35-28-19-23(21-11-13-24(14-12-21)33(2,3)4)18-22-16-17-34(5)32(30(22)28)29(20)31(26)35/h6-19H,1-5H3/q+1. The second-order valence-electron chi connectivity index (χ2n) is 11.1. The fraction of sp³-hybridized carbons (Fsp3) is 0.156. The quantitative estimate of drug-likeness (QED) is 0.0989. The van der Waals surface area contributed by atoms with Crippen LogP contribution in [-0.4, -0.2) is 17.7 Å². The molecule has 0 radical (unpaired) electrons. The molecule has 3 heteroatoms. The van der Waals surface area contributed by atoms with Crippen molar-refractivity contribution in [3.63, 3.8) is 0 Å². The van der Waals surface area contributed by atoms with Crippen molar-refractivity contribution in [2.24, 2.45) is 7.05 Å². The minimum absolute atomic E-state index is 1.28. The van der Waals surface area contributed by atoms with Crippen LogP contribution in [0.25, 0.3) is 60.1 Å². The third kappa shape index (κ3) is 2.86. The Morgan fingerprint density at radius 3 is 2.26 bits per heavy atom. The summed E-state index contributed by atoms with van der Waals surface area (Å²) in [6, 6.07) is 29.9. The van der Waals surface area contributed by atoms with Gasteiger partial charge in [0.2, 0.25) is 0 Å². The molecule has 0 atom stereocenters. The third-order valence-electron chi connectivity index (χ3n) is 7.82. The van der Waals surface area contributed by atoms with E-state index in [2.05, 4.69) is 125 Å². The normalized spacial score (nSPS) is 12.7. The molecule has 0 saturated heterocycles. The topological polar surface area (TPSA) is 8.29 Å². The summed E-state index contributed by atoms with van der Waals surface area (Å²) in [5, 5.41) is 6.63. The molecule has 0 aliphatic rings. The van der Waals surface area contributed by atoms with E-state index in [1.807, 2.05) is 0 Å². The van der Waals surface area contributed by atoms with E-state index >= 15 is 0 Å². The summed E-state index contributed by atoms with van der Waals surface area (Å²) < 4.78 is 6.37. The number of benzene rings is 4. The molecule has 0 saturated carbocycles. The number of fused-ring (bicyclic) bond motifs is 5. The molecule has 0 fully saturated rings. The Hall–Kier alpha value is -3.37. The predicted octanol–water partition coefficient (Wildman–Crippen LogP) is 7.34. The SMILES string of the molecule is Cc1ccc2c3ccccc3n3c4cc(-c5cc[c]([Ge]([CH3])([CH3])[CH3])cc5)cc5cc[n+](C)c(c1c23)c54. The minimum atomic E-state index is -1.85. The van der Waals surface area contributed by atoms with Crippen molar-refractivity contribution in [1.82, 2.24) is 4.40 Å². The summed E-state index contributed by atoms with van der Waals surface area (Å²) in [5.74, 6) is 7.37. The summed E-state index contributed by atoms with van der Waals surface area (Å²) in [4.78, 5) is 0. The number of hydrogen-bond donors (Lipinski definition) is 0. The predicted molar refractivity (Wildman–Crippen MR) is 153 cm³/mol. The van der Waals surface area contributed by atoms with Crippen molar-refractivity contribution in [2.45, 2.75) is 24.2 Å². The van der Waals surface area contributed by atoms with Crippen LogP contribution in [0, 0.1) is 6.92 Å². The van der Waals surface area contributed by atoms with Crippen molar-refractivity contribution in [1.29, 1.82) is 0 Å². The van der Waals surface area contributed by atoms with Crippen LogP contribution < -0.4 is 8.96 Å². The zero-order valence-electron chi connectivity index (χ0n) is 21.0. The van der Waals surface area contributed by atoms with Crippen molar-refractivity contribution in [2.75, 3.05) is 0 Å². The fourth-order valence-electron chi connectivity index (χ4n) is 6.00. The average Bonchev–Trinajstić information content (AvgIpc) is 3.19. The number of pyridine rings is 2. The maximum atomic E-state index is 2.52. The van der Waals surface area contributed by atoms with E-state index in [0.29, 0.717) is 0 Å². The first-order valence-electron chi connectivity index (χ1n) is 12.4. The Morgan fingerprint density at radius 2 is 1.49 bits per heavy atom. The molecule has 0 aliphatic heterocycles. The fourth-order valence-corrected chi connectivity index (χ4v) is 8.44. The van der Waals surface area contributed by atoms with Gasteiger partial charge in [0.25, 0.3) is 0 Å². The number of aryl methyl sites for hydroxylation is 2. The van der Waals surface area contributed by atoms with Gasteiger partial charge < -0.3 is 0 Å². The molecule has 0 amide bonds. The van der Waals surface area contributed by atoms with Gasteiger partial charge in [-0.05, 0) is 0 Å². The van der Waals surface area contributed by atoms with E-state index in [0.717, 1.165) is 0 Å². The van der Waals surface area contributed by atoms with Gasteiger partial charge in [-0.25, -0.2) is 0 Å². The van der Waals surface area contributed by atoms with E-state index in [9.17, 15) is 0 Å². The average molecular weight is 514 g/mol. The van der Waals surface area contributed by atoms with Crippen LogP contribution in [0.4, 0.5) is 0 Å². The van der Waals surface area contributed by atoms with Gasteiger partial charge >= 0.3 is 209 Å². The van der Waals surface area contributed by atoms with Crippen LogP contribution in [-0.2, 0) is 7.05 Å². The number of rotatable bonds is 2. The molecule has 3 heterocycles. The summed E-state index contributed by atoms with van der Waals surface area (Å²) >= 11 is -1.85. The van der Waals surface area contributed by atoms with Gasteiger partial charge in [-0.2, -0.15) is 0 Å². The van der Waals surface area contributed by atoms with Gasteiger partial charge in [0.05, 0.1) is 0 Å². The van der Waals surface area contributed by atoms with Crippen LogP contribution in [0.1, 0.15) is 5.56 Å². The summed E-state index contributed by atoms with van der Waals surface area (Å²) in [5.41, 5.74) is 9.10. The van der Waals surface area contributed by atoms with E-state index < -0.39 is 13.3 Å². The molecule has 4 aromatic carbocycles. The summed E-state index contributed by atoms with van der Waals surface area (Å²) in [6.07, 6.45) is 2.22. The zero-order valence-corrected chi connectivity index (χ0v) is 23.1. The van der Waals surface area contributed by atoms with Crippen molar-refractivity contribution >= 4 is 66.7 Å². The summed E-state index contributed by atoms with van der Waals surface area (Å²) in [7, 11) is 2.18. The number of nitrogens with zero attached hydrogens (tertiary/aromatic N) is 2. The van der Waals surface area contributed by atoms with E-state index in [4.69, 9.17) is 0 Å². The monoisotopic (exact) mass is 515 g/mol. The molecule has 0 N–H and O–H groups in total. The molecular weight excluding hydrogens is 485 g/mol. The van der Waals surface area contributed by atoms with E-state index in [1.165, 1.54) is 65.7 Å². The Kier molecular flexibility index (Phi) is 4.24. The molecule has 0 unspecified atom stereocenters. The molecule has 7 aromatic rings. The molecule has 0 aliphatic carbocycles. The van der Waals surface area contributed by atoms with Gasteiger partial charge in [-0.15, -0.1) is 0 Å². The first-order valence-corrected chi connectivity index (χ1v) is 19.8. The second-order valence-corrected chi connectivity index (χ2v) is 21.7. The molecule has 0 spiro atoms. The number of hydrogen-bond acceptors (Lipinski definition) is 0. The molecule has 170 valence electrons. The van der Waals surface area contributed by atoms with Gasteiger partial charge in [-0.3, -0.25) is 0 Å². The molecule has 3 aromatic heterocycles. The van der Waals surface area contributed by atoms with Gasteiger partial charge in [0.1, 0.15) is 0 Å². The molecule has 35 heavy (non-hydrogen) atoms. The first-order chi connectivity index (χ1) is 16.8. The van der Waals surface area contributed by atoms with Crippen LogP contribution >= 0.6 is 0 Å². The van der Waals surface area contributed by atoms with Crippen molar-refractivity contribution in [3.05, 3.63) is 90.6 Å². The number of aromatic nitrogens is 2. The van der Waals surface area contributed by atoms with Gasteiger partial charge in [0.15, 0.2) is 0 Å². The van der Waals surface area contributed by atoms with E-state index in [-0.39, 0.29) is 0 Å². The number of para-hydroxylation sites is 1. The molecular formula is C32H29GeN2+. The van der Waals surface area contributed by atoms with Crippen LogP contribution in [0.5, 0.6) is 0 Å². The second kappa shape index (κ2) is 7.08. The third-order valence-corrected chi connectivity index (χ3v) is 12.2. The molecule has 2 nitrogen and oxygen atoms in total. The first kappa shape index (κ1) is 21.0.